The summed E-state index contributed by atoms with van der Waals surface area (Å²) in [5, 5.41) is 2.77. The minimum atomic E-state index is -0.295. The summed E-state index contributed by atoms with van der Waals surface area (Å²) >= 11 is 3.40. The van der Waals surface area contributed by atoms with Crippen molar-refractivity contribution in [3.05, 3.63) is 62.0 Å². The normalized spacial score (nSPS) is 10.3. The van der Waals surface area contributed by atoms with Crippen molar-refractivity contribution in [2.45, 2.75) is 13.8 Å². The summed E-state index contributed by atoms with van der Waals surface area (Å²) < 4.78 is 0.984. The monoisotopic (exact) mass is 320 g/mol. The van der Waals surface area contributed by atoms with Gasteiger partial charge in [-0.05, 0) is 43.7 Å². The zero-order chi connectivity index (χ0) is 14.0. The highest BCUT2D eigenvalue weighted by Crippen LogP contribution is 2.20. The lowest BCUT2D eigenvalue weighted by molar-refractivity contribution is 0.102. The van der Waals surface area contributed by atoms with Crippen molar-refractivity contribution in [2.75, 3.05) is 5.32 Å². The van der Waals surface area contributed by atoms with Gasteiger partial charge in [-0.25, -0.2) is 0 Å². The first-order valence-electron chi connectivity index (χ1n) is 5.74. The molecule has 1 aromatic heterocycles. The topological polar surface area (TPSA) is 62.0 Å². The van der Waals surface area contributed by atoms with E-state index in [-0.39, 0.29) is 11.5 Å². The molecule has 0 unspecified atom stereocenters. The lowest BCUT2D eigenvalue weighted by Gasteiger charge is -2.07. The van der Waals surface area contributed by atoms with Crippen LogP contribution in [-0.4, -0.2) is 10.9 Å². The van der Waals surface area contributed by atoms with Crippen LogP contribution in [0.5, 0.6) is 0 Å². The van der Waals surface area contributed by atoms with Crippen molar-refractivity contribution in [1.82, 2.24) is 4.98 Å². The summed E-state index contributed by atoms with van der Waals surface area (Å²) in [6.07, 6.45) is 0. The number of amides is 1. The van der Waals surface area contributed by atoms with E-state index >= 15 is 0 Å². The SMILES string of the molecule is Cc1cc(C(=O)Nc2ccc(Br)c(C)c2)cc(=O)[nH]1. The molecule has 2 rings (SSSR count). The molecule has 98 valence electrons. The van der Waals surface area contributed by atoms with Crippen LogP contribution < -0.4 is 10.9 Å². The van der Waals surface area contributed by atoms with Crippen LogP contribution in [0.2, 0.25) is 0 Å². The number of anilines is 1. The molecule has 2 N–H and O–H groups in total. The molecule has 1 aromatic carbocycles. The average Bonchev–Trinajstić information content (AvgIpc) is 2.32. The van der Waals surface area contributed by atoms with Crippen LogP contribution >= 0.6 is 15.9 Å². The summed E-state index contributed by atoms with van der Waals surface area (Å²) in [7, 11) is 0. The van der Waals surface area contributed by atoms with Crippen LogP contribution in [0.1, 0.15) is 21.6 Å². The van der Waals surface area contributed by atoms with Crippen LogP contribution in [-0.2, 0) is 0 Å². The zero-order valence-electron chi connectivity index (χ0n) is 10.6. The molecule has 1 heterocycles. The molecule has 0 radical (unpaired) electrons. The van der Waals surface area contributed by atoms with Crippen LogP contribution in [0, 0.1) is 13.8 Å². The van der Waals surface area contributed by atoms with Gasteiger partial charge in [-0.2, -0.15) is 0 Å². The highest BCUT2D eigenvalue weighted by Gasteiger charge is 2.08. The molecule has 0 bridgehead atoms. The Bertz CT molecular complexity index is 692. The van der Waals surface area contributed by atoms with Crippen LogP contribution in [0.25, 0.3) is 0 Å². The third-order valence-corrected chi connectivity index (χ3v) is 3.55. The molecule has 1 amide bonds. The lowest BCUT2D eigenvalue weighted by Crippen LogP contribution is -2.16. The maximum absolute atomic E-state index is 12.0. The fourth-order valence-electron chi connectivity index (χ4n) is 1.74. The van der Waals surface area contributed by atoms with Gasteiger partial charge in [0.15, 0.2) is 0 Å². The number of hydrogen-bond acceptors (Lipinski definition) is 2. The Hall–Kier alpha value is -1.88. The number of nitrogens with one attached hydrogen (secondary N) is 2. The largest absolute Gasteiger partial charge is 0.326 e. The van der Waals surface area contributed by atoms with E-state index in [9.17, 15) is 9.59 Å². The highest BCUT2D eigenvalue weighted by atomic mass is 79.9. The van der Waals surface area contributed by atoms with Crippen molar-refractivity contribution < 1.29 is 4.79 Å². The molecule has 0 saturated heterocycles. The molecule has 0 aliphatic rings. The Morgan fingerprint density at radius 2 is 1.95 bits per heavy atom. The quantitative estimate of drug-likeness (QED) is 0.893. The molecular weight excluding hydrogens is 308 g/mol. The second kappa shape index (κ2) is 5.40. The Balaban J connectivity index is 2.25. The number of halogens is 1. The molecule has 4 nitrogen and oxygen atoms in total. The number of aryl methyl sites for hydroxylation is 2. The van der Waals surface area contributed by atoms with E-state index in [0.29, 0.717) is 16.9 Å². The summed E-state index contributed by atoms with van der Waals surface area (Å²) in [5.41, 5.74) is 2.45. The fourth-order valence-corrected chi connectivity index (χ4v) is 1.99. The predicted octanol–water partition coefficient (Wildman–Crippen LogP) is 3.01. The molecule has 0 saturated carbocycles. The molecule has 2 aromatic rings. The van der Waals surface area contributed by atoms with Gasteiger partial charge in [0.25, 0.3) is 5.91 Å². The summed E-state index contributed by atoms with van der Waals surface area (Å²) in [6.45, 7) is 3.68. The Morgan fingerprint density at radius 3 is 2.58 bits per heavy atom. The maximum atomic E-state index is 12.0. The number of hydrogen-bond donors (Lipinski definition) is 2. The number of H-pyrrole nitrogens is 1. The van der Waals surface area contributed by atoms with E-state index < -0.39 is 0 Å². The first-order valence-corrected chi connectivity index (χ1v) is 6.53. The number of benzene rings is 1. The number of rotatable bonds is 2. The van der Waals surface area contributed by atoms with Crippen molar-refractivity contribution in [2.24, 2.45) is 0 Å². The van der Waals surface area contributed by atoms with Gasteiger partial charge in [-0.3, -0.25) is 9.59 Å². The van der Waals surface area contributed by atoms with Crippen molar-refractivity contribution in [3.8, 4) is 0 Å². The van der Waals surface area contributed by atoms with E-state index in [4.69, 9.17) is 0 Å². The first kappa shape index (κ1) is 13.5. The number of aromatic amines is 1. The molecule has 0 atom stereocenters. The zero-order valence-corrected chi connectivity index (χ0v) is 12.2. The summed E-state index contributed by atoms with van der Waals surface area (Å²) in [5.74, 6) is -0.295. The van der Waals surface area contributed by atoms with Gasteiger partial charge in [-0.1, -0.05) is 15.9 Å². The van der Waals surface area contributed by atoms with Crippen molar-refractivity contribution >= 4 is 27.5 Å². The third-order valence-electron chi connectivity index (χ3n) is 2.66. The van der Waals surface area contributed by atoms with Gasteiger partial charge in [0.1, 0.15) is 0 Å². The molecule has 0 aliphatic heterocycles. The van der Waals surface area contributed by atoms with Gasteiger partial charge < -0.3 is 10.3 Å². The smallest absolute Gasteiger partial charge is 0.255 e. The Labute approximate surface area is 119 Å². The lowest BCUT2D eigenvalue weighted by atomic mass is 10.2. The standard InChI is InChI=1S/C14H13BrN2O2/c1-8-5-11(3-4-12(8)15)17-14(19)10-6-9(2)16-13(18)7-10/h3-7H,1-2H3,(H,16,18)(H,17,19). The molecule has 0 aliphatic carbocycles. The van der Waals surface area contributed by atoms with Crippen molar-refractivity contribution in [1.29, 1.82) is 0 Å². The average molecular weight is 321 g/mol. The number of carbonyl (C=O) groups excluding carboxylic acids is 1. The van der Waals surface area contributed by atoms with Crippen LogP contribution in [0.3, 0.4) is 0 Å². The summed E-state index contributed by atoms with van der Waals surface area (Å²) in [4.78, 5) is 26.0. The first-order chi connectivity index (χ1) is 8.95. The molecular formula is C14H13BrN2O2. The number of carbonyl (C=O) groups is 1. The van der Waals surface area contributed by atoms with Crippen LogP contribution in [0.4, 0.5) is 5.69 Å². The second-order valence-electron chi connectivity index (χ2n) is 4.33. The fraction of sp³-hybridized carbons (Fsp3) is 0.143. The minimum Gasteiger partial charge on any atom is -0.326 e. The molecule has 19 heavy (non-hydrogen) atoms. The van der Waals surface area contributed by atoms with E-state index in [1.165, 1.54) is 6.07 Å². The predicted molar refractivity (Wildman–Crippen MR) is 78.6 cm³/mol. The van der Waals surface area contributed by atoms with Crippen molar-refractivity contribution in [3.63, 3.8) is 0 Å². The highest BCUT2D eigenvalue weighted by molar-refractivity contribution is 9.10. The van der Waals surface area contributed by atoms with E-state index in [2.05, 4.69) is 26.2 Å². The summed E-state index contributed by atoms with van der Waals surface area (Å²) in [6, 6.07) is 8.46. The van der Waals surface area contributed by atoms with Gasteiger partial charge in [0.05, 0.1) is 0 Å². The molecule has 0 fully saturated rings. The second-order valence-corrected chi connectivity index (χ2v) is 5.19. The molecule has 0 spiro atoms. The van der Waals surface area contributed by atoms with Crippen LogP contribution in [0.15, 0.2) is 39.6 Å². The van der Waals surface area contributed by atoms with Gasteiger partial charge in [0, 0.05) is 27.5 Å². The Morgan fingerprint density at radius 1 is 1.21 bits per heavy atom. The Kier molecular flexibility index (Phi) is 3.85. The minimum absolute atomic E-state index is 0.280. The van der Waals surface area contributed by atoms with E-state index in [0.717, 1.165) is 10.0 Å². The van der Waals surface area contributed by atoms with Gasteiger partial charge >= 0.3 is 0 Å². The molecule has 5 heteroatoms. The third kappa shape index (κ3) is 3.32. The van der Waals surface area contributed by atoms with Gasteiger partial charge in [0.2, 0.25) is 5.56 Å². The maximum Gasteiger partial charge on any atom is 0.255 e. The van der Waals surface area contributed by atoms with E-state index in [1.54, 1.807) is 19.1 Å². The van der Waals surface area contributed by atoms with Gasteiger partial charge in [-0.15, -0.1) is 0 Å². The number of aromatic nitrogens is 1. The van der Waals surface area contributed by atoms with E-state index in [1.807, 2.05) is 19.1 Å². The number of pyridine rings is 1.